The van der Waals surface area contributed by atoms with Gasteiger partial charge in [-0.05, 0) is 35.9 Å². The molecule has 0 aliphatic carbocycles. The fraction of sp³-hybridized carbons (Fsp3) is 0.107. The number of para-hydroxylation sites is 1. The minimum atomic E-state index is -1.04. The van der Waals surface area contributed by atoms with Gasteiger partial charge in [-0.3, -0.25) is 14.2 Å². The summed E-state index contributed by atoms with van der Waals surface area (Å²) in [6.07, 6.45) is 6.90. The Balaban J connectivity index is 1.26. The van der Waals surface area contributed by atoms with Gasteiger partial charge in [0.2, 0.25) is 17.7 Å². The number of nitrogen functional groups attached to an aromatic ring is 1. The number of carbonyl (C=O) groups excluding carboxylic acids is 1. The van der Waals surface area contributed by atoms with Gasteiger partial charge in [-0.1, -0.05) is 30.3 Å². The molecule has 218 valence electrons. The van der Waals surface area contributed by atoms with Gasteiger partial charge in [-0.15, -0.1) is 5.10 Å². The van der Waals surface area contributed by atoms with E-state index in [1.165, 1.54) is 30.4 Å². The standard InChI is InChI=1S/C28H24F2N10O3/c1-43-22-14-34-23(36-24(22)40-27(31)37-28(38-40)35-18-6-3-2-4-7-18)8-5-11-33-25(41)19-13-32-16-39(26(19)42)15-17-9-10-20(29)21(30)12-17/h2-10,12-14,16H,11,15H2,1H3,(H,33,41)(H3,31,35,37,38). The fourth-order valence-electron chi connectivity index (χ4n) is 3.90. The average Bonchev–Trinajstić information content (AvgIpc) is 3.37. The lowest BCUT2D eigenvalue weighted by molar-refractivity contribution is 0.0955. The van der Waals surface area contributed by atoms with Crippen LogP contribution < -0.4 is 26.7 Å². The topological polar surface area (TPSA) is 168 Å². The monoisotopic (exact) mass is 586 g/mol. The zero-order chi connectivity index (χ0) is 30.3. The predicted octanol–water partition coefficient (Wildman–Crippen LogP) is 2.72. The highest BCUT2D eigenvalue weighted by atomic mass is 19.2. The maximum Gasteiger partial charge on any atom is 0.266 e. The van der Waals surface area contributed by atoms with E-state index in [2.05, 4.69) is 35.7 Å². The molecular weight excluding hydrogens is 562 g/mol. The first-order chi connectivity index (χ1) is 20.8. The van der Waals surface area contributed by atoms with Crippen LogP contribution in [0, 0.1) is 11.6 Å². The molecule has 0 bridgehead atoms. The summed E-state index contributed by atoms with van der Waals surface area (Å²) in [6.45, 7) is -0.0705. The van der Waals surface area contributed by atoms with Crippen LogP contribution in [0.4, 0.5) is 26.4 Å². The molecule has 1 amide bonds. The van der Waals surface area contributed by atoms with Gasteiger partial charge in [0.15, 0.2) is 23.2 Å². The Kier molecular flexibility index (Phi) is 8.41. The molecule has 3 aromatic heterocycles. The van der Waals surface area contributed by atoms with Crippen molar-refractivity contribution in [2.45, 2.75) is 6.54 Å². The van der Waals surface area contributed by atoms with Crippen LogP contribution in [-0.4, -0.2) is 53.8 Å². The van der Waals surface area contributed by atoms with Gasteiger partial charge in [0, 0.05) is 18.4 Å². The van der Waals surface area contributed by atoms with E-state index in [1.807, 2.05) is 30.3 Å². The number of benzene rings is 2. The molecule has 3 heterocycles. The highest BCUT2D eigenvalue weighted by Gasteiger charge is 2.17. The van der Waals surface area contributed by atoms with Gasteiger partial charge in [0.05, 0.1) is 26.2 Å². The Hall–Kier alpha value is -5.99. The number of nitrogens with zero attached hydrogens (tertiary/aromatic N) is 7. The summed E-state index contributed by atoms with van der Waals surface area (Å²) < 4.78 is 34.6. The third-order valence-electron chi connectivity index (χ3n) is 5.97. The smallest absolute Gasteiger partial charge is 0.266 e. The predicted molar refractivity (Wildman–Crippen MR) is 153 cm³/mol. The molecule has 0 saturated carbocycles. The van der Waals surface area contributed by atoms with E-state index in [0.29, 0.717) is 11.3 Å². The van der Waals surface area contributed by atoms with E-state index in [4.69, 9.17) is 10.5 Å². The number of methoxy groups -OCH3 is 1. The summed E-state index contributed by atoms with van der Waals surface area (Å²) >= 11 is 0. The zero-order valence-corrected chi connectivity index (χ0v) is 22.6. The highest BCUT2D eigenvalue weighted by Crippen LogP contribution is 2.23. The van der Waals surface area contributed by atoms with Gasteiger partial charge in [-0.25, -0.2) is 23.7 Å². The number of amides is 1. The van der Waals surface area contributed by atoms with E-state index in [0.717, 1.165) is 28.6 Å². The van der Waals surface area contributed by atoms with Gasteiger partial charge in [0.1, 0.15) is 5.56 Å². The van der Waals surface area contributed by atoms with E-state index < -0.39 is 23.1 Å². The van der Waals surface area contributed by atoms with E-state index in [-0.39, 0.29) is 42.2 Å². The number of ether oxygens (including phenoxy) is 1. The molecule has 5 aromatic rings. The van der Waals surface area contributed by atoms with Crippen LogP contribution in [0.2, 0.25) is 0 Å². The number of aromatic nitrogens is 7. The Bertz CT molecular complexity index is 1860. The van der Waals surface area contributed by atoms with Crippen molar-refractivity contribution in [3.05, 3.63) is 112 Å². The van der Waals surface area contributed by atoms with Crippen molar-refractivity contribution in [1.82, 2.24) is 39.6 Å². The molecule has 0 radical (unpaired) electrons. The van der Waals surface area contributed by atoms with Crippen LogP contribution in [0.1, 0.15) is 21.7 Å². The number of rotatable bonds is 10. The van der Waals surface area contributed by atoms with Crippen molar-refractivity contribution >= 4 is 29.6 Å². The van der Waals surface area contributed by atoms with Crippen LogP contribution in [0.25, 0.3) is 11.9 Å². The molecular formula is C28H24F2N10O3. The van der Waals surface area contributed by atoms with Crippen LogP contribution in [0.15, 0.2) is 78.1 Å². The van der Waals surface area contributed by atoms with Crippen molar-refractivity contribution in [3.63, 3.8) is 0 Å². The molecule has 4 N–H and O–H groups in total. The van der Waals surface area contributed by atoms with E-state index >= 15 is 0 Å². The number of hydrogen-bond acceptors (Lipinski definition) is 10. The van der Waals surface area contributed by atoms with Gasteiger partial charge < -0.3 is 21.1 Å². The molecule has 13 nitrogen and oxygen atoms in total. The summed E-state index contributed by atoms with van der Waals surface area (Å²) in [5, 5.41) is 10.0. The summed E-state index contributed by atoms with van der Waals surface area (Å²) in [5.41, 5.74) is 6.33. The molecule has 0 unspecified atom stereocenters. The third kappa shape index (κ3) is 6.67. The van der Waals surface area contributed by atoms with E-state index in [1.54, 1.807) is 12.2 Å². The summed E-state index contributed by atoms with van der Waals surface area (Å²) in [7, 11) is 1.45. The molecule has 0 aliphatic rings. The van der Waals surface area contributed by atoms with Gasteiger partial charge in [-0.2, -0.15) is 9.67 Å². The Labute approximate surface area is 242 Å². The SMILES string of the molecule is COc1cnc(C=CCNC(=O)c2cncn(Cc3ccc(F)c(F)c3)c2=O)nc1-n1nc(Nc2ccccc2)nc1N. The second-order valence-electron chi connectivity index (χ2n) is 8.92. The lowest BCUT2D eigenvalue weighted by Gasteiger charge is -2.08. The molecule has 43 heavy (non-hydrogen) atoms. The summed E-state index contributed by atoms with van der Waals surface area (Å²) in [5.74, 6) is -1.61. The number of nitrogens with two attached hydrogens (primary N) is 1. The first-order valence-electron chi connectivity index (χ1n) is 12.7. The first-order valence-corrected chi connectivity index (χ1v) is 12.7. The quantitative estimate of drug-likeness (QED) is 0.221. The molecule has 15 heteroatoms. The number of anilines is 3. The maximum atomic E-state index is 13.5. The molecule has 0 atom stereocenters. The van der Waals surface area contributed by atoms with E-state index in [9.17, 15) is 18.4 Å². The largest absolute Gasteiger partial charge is 0.491 e. The Morgan fingerprint density at radius 2 is 1.91 bits per heavy atom. The average molecular weight is 587 g/mol. The molecule has 0 fully saturated rings. The van der Waals surface area contributed by atoms with Crippen molar-refractivity contribution in [2.75, 3.05) is 24.7 Å². The lowest BCUT2D eigenvalue weighted by atomic mass is 10.2. The summed E-state index contributed by atoms with van der Waals surface area (Å²) in [4.78, 5) is 42.3. The van der Waals surface area contributed by atoms with Crippen molar-refractivity contribution in [2.24, 2.45) is 0 Å². The second-order valence-corrected chi connectivity index (χ2v) is 8.92. The van der Waals surface area contributed by atoms with Crippen molar-refractivity contribution in [3.8, 4) is 11.6 Å². The molecule has 0 saturated heterocycles. The molecule has 2 aromatic carbocycles. The minimum absolute atomic E-state index is 0.0255. The van der Waals surface area contributed by atoms with Crippen LogP contribution >= 0.6 is 0 Å². The van der Waals surface area contributed by atoms with Crippen LogP contribution in [0.5, 0.6) is 5.75 Å². The minimum Gasteiger partial charge on any atom is -0.491 e. The molecule has 0 spiro atoms. The van der Waals surface area contributed by atoms with Crippen LogP contribution in [-0.2, 0) is 6.54 Å². The lowest BCUT2D eigenvalue weighted by Crippen LogP contribution is -2.33. The second kappa shape index (κ2) is 12.7. The fourth-order valence-corrected chi connectivity index (χ4v) is 3.90. The number of nitrogens with one attached hydrogen (secondary N) is 2. The van der Waals surface area contributed by atoms with Crippen molar-refractivity contribution < 1.29 is 18.3 Å². The molecule has 5 rings (SSSR count). The Morgan fingerprint density at radius 1 is 1.09 bits per heavy atom. The summed E-state index contributed by atoms with van der Waals surface area (Å²) in [6, 6.07) is 12.6. The highest BCUT2D eigenvalue weighted by molar-refractivity contribution is 5.93. The number of halogens is 2. The third-order valence-corrected chi connectivity index (χ3v) is 5.97. The Morgan fingerprint density at radius 3 is 2.67 bits per heavy atom. The normalized spacial score (nSPS) is 11.0. The first kappa shape index (κ1) is 28.5. The van der Waals surface area contributed by atoms with Gasteiger partial charge >= 0.3 is 0 Å². The van der Waals surface area contributed by atoms with Crippen LogP contribution in [0.3, 0.4) is 0 Å². The van der Waals surface area contributed by atoms with Crippen molar-refractivity contribution in [1.29, 1.82) is 0 Å². The number of hydrogen-bond donors (Lipinski definition) is 3. The van der Waals surface area contributed by atoms with Gasteiger partial charge in [0.25, 0.3) is 11.5 Å². The maximum absolute atomic E-state index is 13.5. The molecule has 0 aliphatic heterocycles. The zero-order valence-electron chi connectivity index (χ0n) is 22.6. The number of carbonyl (C=O) groups is 1.